The lowest BCUT2D eigenvalue weighted by atomic mass is 9.70. The molecule has 2 aromatic rings. The molecule has 33 heavy (non-hydrogen) atoms. The predicted octanol–water partition coefficient (Wildman–Crippen LogP) is 11.4. The average molecular weight is 671 g/mol. The highest BCUT2D eigenvalue weighted by Gasteiger charge is 2.42. The highest BCUT2D eigenvalue weighted by molar-refractivity contribution is 14.1. The van der Waals surface area contributed by atoms with E-state index in [2.05, 4.69) is 95.4 Å². The number of unbranched alkanes of at least 4 members (excludes halogenated alkanes) is 12. The molecule has 0 amide bonds. The summed E-state index contributed by atoms with van der Waals surface area (Å²) in [5.74, 6) is 0. The average Bonchev–Trinajstić information content (AvgIpc) is 3.06. The highest BCUT2D eigenvalue weighted by Crippen LogP contribution is 2.54. The number of fused-ring (bicyclic) bond motifs is 3. The van der Waals surface area contributed by atoms with Gasteiger partial charge in [-0.15, -0.1) is 0 Å². The van der Waals surface area contributed by atoms with E-state index in [4.69, 9.17) is 0 Å². The minimum Gasteiger partial charge on any atom is -0.0654 e. The summed E-state index contributed by atoms with van der Waals surface area (Å²) in [5, 5.41) is 0. The van der Waals surface area contributed by atoms with Gasteiger partial charge in [-0.25, -0.2) is 0 Å². The van der Waals surface area contributed by atoms with Crippen molar-refractivity contribution in [2.24, 2.45) is 0 Å². The largest absolute Gasteiger partial charge is 0.0654 e. The molecule has 0 N–H and O–H groups in total. The Bertz CT molecular complexity index is 782. The van der Waals surface area contributed by atoms with E-state index in [0.29, 0.717) is 0 Å². The van der Waals surface area contributed by atoms with E-state index in [-0.39, 0.29) is 5.41 Å². The van der Waals surface area contributed by atoms with E-state index in [9.17, 15) is 0 Å². The Hall–Kier alpha value is -0.100. The first kappa shape index (κ1) is 27.5. The Morgan fingerprint density at radius 3 is 1.27 bits per heavy atom. The van der Waals surface area contributed by atoms with Crippen LogP contribution < -0.4 is 0 Å². The second kappa shape index (κ2) is 14.5. The van der Waals surface area contributed by atoms with Crippen LogP contribution >= 0.6 is 45.2 Å². The van der Waals surface area contributed by atoms with Gasteiger partial charge in [-0.3, -0.25) is 0 Å². The molecule has 0 nitrogen and oxygen atoms in total. The van der Waals surface area contributed by atoms with Gasteiger partial charge in [0.15, 0.2) is 0 Å². The Morgan fingerprint density at radius 2 is 0.879 bits per heavy atom. The van der Waals surface area contributed by atoms with E-state index in [0.717, 1.165) is 0 Å². The highest BCUT2D eigenvalue weighted by atomic mass is 127. The molecule has 0 saturated heterocycles. The Labute approximate surface area is 231 Å². The minimum atomic E-state index is 0.222. The molecule has 3 rings (SSSR count). The number of hydrogen-bond donors (Lipinski definition) is 0. The topological polar surface area (TPSA) is 0 Å². The summed E-state index contributed by atoms with van der Waals surface area (Å²) in [4.78, 5) is 0. The van der Waals surface area contributed by atoms with Gasteiger partial charge in [-0.05, 0) is 105 Å². The third-order valence-corrected chi connectivity index (χ3v) is 9.04. The molecule has 0 heterocycles. The van der Waals surface area contributed by atoms with E-state index in [1.54, 1.807) is 11.1 Å². The van der Waals surface area contributed by atoms with E-state index >= 15 is 0 Å². The Balaban J connectivity index is 1.77. The lowest BCUT2D eigenvalue weighted by molar-refractivity contribution is 0.397. The maximum absolute atomic E-state index is 2.52. The molecule has 0 saturated carbocycles. The fraction of sp³-hybridized carbons (Fsp3) is 0.613. The van der Waals surface area contributed by atoms with E-state index in [1.807, 2.05) is 0 Å². The Kier molecular flexibility index (Phi) is 12.0. The SMILES string of the molecule is CCCCCCCCCC1(CCCCCCCCC)c2cc(I)ccc2-c2ccc(I)cc21. The molecule has 2 aromatic carbocycles. The van der Waals surface area contributed by atoms with Crippen molar-refractivity contribution in [2.45, 2.75) is 122 Å². The molecule has 0 bridgehead atoms. The van der Waals surface area contributed by atoms with Gasteiger partial charge in [0.05, 0.1) is 0 Å². The third-order valence-electron chi connectivity index (χ3n) is 7.70. The first-order valence-corrected chi connectivity index (χ1v) is 15.9. The van der Waals surface area contributed by atoms with Gasteiger partial charge in [0.2, 0.25) is 0 Å². The number of rotatable bonds is 16. The lowest BCUT2D eigenvalue weighted by Crippen LogP contribution is -2.25. The summed E-state index contributed by atoms with van der Waals surface area (Å²) in [6, 6.07) is 14.5. The summed E-state index contributed by atoms with van der Waals surface area (Å²) in [6.07, 6.45) is 22.1. The van der Waals surface area contributed by atoms with Crippen molar-refractivity contribution in [3.8, 4) is 11.1 Å². The molecule has 0 aromatic heterocycles. The van der Waals surface area contributed by atoms with Crippen LogP contribution in [0.5, 0.6) is 0 Å². The molecule has 0 radical (unpaired) electrons. The molecular weight excluding hydrogens is 626 g/mol. The van der Waals surface area contributed by atoms with Gasteiger partial charge >= 0.3 is 0 Å². The second-order valence-electron chi connectivity index (χ2n) is 10.2. The van der Waals surface area contributed by atoms with Gasteiger partial charge < -0.3 is 0 Å². The molecule has 0 unspecified atom stereocenters. The summed E-state index contributed by atoms with van der Waals surface area (Å²) in [6.45, 7) is 4.62. The first-order valence-electron chi connectivity index (χ1n) is 13.7. The molecule has 0 atom stereocenters. The molecule has 1 aliphatic rings. The van der Waals surface area contributed by atoms with Crippen LogP contribution in [0.3, 0.4) is 0 Å². The molecule has 182 valence electrons. The quantitative estimate of drug-likeness (QED) is 0.123. The van der Waals surface area contributed by atoms with Crippen molar-refractivity contribution in [3.05, 3.63) is 54.7 Å². The van der Waals surface area contributed by atoms with Crippen LogP contribution in [0.1, 0.15) is 128 Å². The van der Waals surface area contributed by atoms with Crippen molar-refractivity contribution in [1.82, 2.24) is 0 Å². The third kappa shape index (κ3) is 7.44. The van der Waals surface area contributed by atoms with Crippen molar-refractivity contribution >= 4 is 45.2 Å². The summed E-state index contributed by atoms with van der Waals surface area (Å²) in [7, 11) is 0. The monoisotopic (exact) mass is 670 g/mol. The predicted molar refractivity (Wildman–Crippen MR) is 163 cm³/mol. The molecule has 0 fully saturated rings. The van der Waals surface area contributed by atoms with Crippen LogP contribution in [0.4, 0.5) is 0 Å². The second-order valence-corrected chi connectivity index (χ2v) is 12.7. The van der Waals surface area contributed by atoms with Gasteiger partial charge in [0.25, 0.3) is 0 Å². The van der Waals surface area contributed by atoms with Crippen LogP contribution in [-0.4, -0.2) is 0 Å². The van der Waals surface area contributed by atoms with Crippen LogP contribution in [-0.2, 0) is 5.41 Å². The number of halogens is 2. The van der Waals surface area contributed by atoms with E-state index in [1.165, 1.54) is 121 Å². The van der Waals surface area contributed by atoms with Crippen molar-refractivity contribution < 1.29 is 0 Å². The van der Waals surface area contributed by atoms with E-state index < -0.39 is 0 Å². The van der Waals surface area contributed by atoms with Gasteiger partial charge in [-0.1, -0.05) is 116 Å². The summed E-state index contributed by atoms with van der Waals surface area (Å²) < 4.78 is 2.77. The standard InChI is InChI=1S/C31H44I2/c1-3-5-7-9-11-13-15-21-31(22-16-14-12-10-8-6-4-2)29-23-25(32)17-19-27(29)28-20-18-26(33)24-30(28)31/h17-20,23-24H,3-16,21-22H2,1-2H3. The lowest BCUT2D eigenvalue weighted by Gasteiger charge is -2.33. The normalized spacial score (nSPS) is 13.8. The van der Waals surface area contributed by atoms with Gasteiger partial charge in [0.1, 0.15) is 0 Å². The molecule has 0 aliphatic heterocycles. The summed E-state index contributed by atoms with van der Waals surface area (Å²) in [5.41, 5.74) is 6.49. The Morgan fingerprint density at radius 1 is 0.515 bits per heavy atom. The van der Waals surface area contributed by atoms with Crippen LogP contribution in [0.2, 0.25) is 0 Å². The molecule has 2 heteroatoms. The zero-order valence-corrected chi connectivity index (χ0v) is 25.3. The smallest absolute Gasteiger partial charge is 0.0216 e. The van der Waals surface area contributed by atoms with Gasteiger partial charge in [-0.2, -0.15) is 0 Å². The minimum absolute atomic E-state index is 0.222. The van der Waals surface area contributed by atoms with Crippen molar-refractivity contribution in [3.63, 3.8) is 0 Å². The van der Waals surface area contributed by atoms with Gasteiger partial charge in [0, 0.05) is 12.6 Å². The van der Waals surface area contributed by atoms with Crippen LogP contribution in [0.15, 0.2) is 36.4 Å². The number of benzene rings is 2. The fourth-order valence-electron chi connectivity index (χ4n) is 5.87. The van der Waals surface area contributed by atoms with Crippen molar-refractivity contribution in [1.29, 1.82) is 0 Å². The fourth-order valence-corrected chi connectivity index (χ4v) is 6.85. The zero-order chi connectivity index (χ0) is 23.5. The molecule has 1 aliphatic carbocycles. The van der Waals surface area contributed by atoms with Crippen LogP contribution in [0, 0.1) is 7.14 Å². The first-order chi connectivity index (χ1) is 16.1. The molecule has 0 spiro atoms. The zero-order valence-electron chi connectivity index (χ0n) is 21.0. The summed E-state index contributed by atoms with van der Waals surface area (Å²) >= 11 is 5.04. The maximum atomic E-state index is 2.52. The maximum Gasteiger partial charge on any atom is 0.0216 e. The molecular formula is C31H44I2. The number of hydrogen-bond acceptors (Lipinski definition) is 0. The van der Waals surface area contributed by atoms with Crippen LogP contribution in [0.25, 0.3) is 11.1 Å². The van der Waals surface area contributed by atoms with Crippen molar-refractivity contribution in [2.75, 3.05) is 0 Å².